The van der Waals surface area contributed by atoms with E-state index in [1.165, 1.54) is 19.2 Å². The van der Waals surface area contributed by atoms with E-state index in [9.17, 15) is 10.1 Å². The Balaban J connectivity index is 2.17. The van der Waals surface area contributed by atoms with Crippen LogP contribution >= 0.6 is 0 Å². The average Bonchev–Trinajstić information content (AvgIpc) is 2.76. The summed E-state index contributed by atoms with van der Waals surface area (Å²) in [5.74, 6) is 0.445. The molecule has 7 heteroatoms. The summed E-state index contributed by atoms with van der Waals surface area (Å²) in [6, 6.07) is 4.49. The van der Waals surface area contributed by atoms with Crippen LogP contribution in [0.15, 0.2) is 24.4 Å². The highest BCUT2D eigenvalue weighted by molar-refractivity contribution is 5.60. The van der Waals surface area contributed by atoms with E-state index in [-0.39, 0.29) is 5.69 Å². The number of methoxy groups -OCH3 is 1. The molecule has 0 aliphatic rings. The van der Waals surface area contributed by atoms with Gasteiger partial charge in [0.2, 0.25) is 0 Å². The third-order valence-electron chi connectivity index (χ3n) is 3.20. The first-order valence-electron chi connectivity index (χ1n) is 6.06. The number of anilines is 1. The van der Waals surface area contributed by atoms with Crippen LogP contribution in [-0.4, -0.2) is 21.8 Å². The molecule has 1 heterocycles. The number of ether oxygens (including phenoxy) is 1. The predicted octanol–water partition coefficient (Wildman–Crippen LogP) is 2.26. The summed E-state index contributed by atoms with van der Waals surface area (Å²) in [5.41, 5.74) is 2.84. The summed E-state index contributed by atoms with van der Waals surface area (Å²) in [5, 5.41) is 18.1. The van der Waals surface area contributed by atoms with Crippen molar-refractivity contribution in [3.05, 3.63) is 45.8 Å². The lowest BCUT2D eigenvalue weighted by molar-refractivity contribution is -0.384. The largest absolute Gasteiger partial charge is 0.494 e. The lowest BCUT2D eigenvalue weighted by atomic mass is 10.2. The summed E-state index contributed by atoms with van der Waals surface area (Å²) in [6.07, 6.45) is 1.79. The van der Waals surface area contributed by atoms with Gasteiger partial charge in [-0.25, -0.2) is 0 Å². The van der Waals surface area contributed by atoms with Gasteiger partial charge in [-0.05, 0) is 13.0 Å². The van der Waals surface area contributed by atoms with E-state index >= 15 is 0 Å². The summed E-state index contributed by atoms with van der Waals surface area (Å²) < 4.78 is 6.97. The average molecular weight is 276 g/mol. The summed E-state index contributed by atoms with van der Waals surface area (Å²) >= 11 is 0. The lowest BCUT2D eigenvalue weighted by Crippen LogP contribution is -2.03. The molecule has 0 radical (unpaired) electrons. The molecule has 106 valence electrons. The SMILES string of the molecule is COc1cc([N+](=O)[O-])ccc1NCc1cnn(C)c1C. The first-order valence-corrected chi connectivity index (χ1v) is 6.06. The van der Waals surface area contributed by atoms with Crippen molar-refractivity contribution in [2.24, 2.45) is 7.05 Å². The molecule has 2 rings (SSSR count). The van der Waals surface area contributed by atoms with Crippen molar-refractivity contribution in [2.45, 2.75) is 13.5 Å². The molecule has 0 saturated heterocycles. The fourth-order valence-electron chi connectivity index (χ4n) is 1.85. The molecule has 0 atom stereocenters. The van der Waals surface area contributed by atoms with E-state index in [0.29, 0.717) is 18.0 Å². The van der Waals surface area contributed by atoms with Gasteiger partial charge in [-0.1, -0.05) is 0 Å². The number of rotatable bonds is 5. The molecule has 0 fully saturated rings. The van der Waals surface area contributed by atoms with Crippen LogP contribution in [0.3, 0.4) is 0 Å². The van der Waals surface area contributed by atoms with E-state index < -0.39 is 4.92 Å². The van der Waals surface area contributed by atoms with Crippen LogP contribution in [0.1, 0.15) is 11.3 Å². The molecule has 1 aromatic carbocycles. The molecule has 0 saturated carbocycles. The van der Waals surface area contributed by atoms with E-state index in [1.807, 2.05) is 14.0 Å². The van der Waals surface area contributed by atoms with Crippen LogP contribution in [0.5, 0.6) is 5.75 Å². The standard InChI is InChI=1S/C13H16N4O3/c1-9-10(8-15-16(9)2)7-14-12-5-4-11(17(18)19)6-13(12)20-3/h4-6,8,14H,7H2,1-3H3. The van der Waals surface area contributed by atoms with Crippen LogP contribution in [0.4, 0.5) is 11.4 Å². The van der Waals surface area contributed by atoms with Gasteiger partial charge in [0.15, 0.2) is 0 Å². The third-order valence-corrected chi connectivity index (χ3v) is 3.20. The number of nitrogens with one attached hydrogen (secondary N) is 1. The number of benzene rings is 1. The molecule has 0 amide bonds. The van der Waals surface area contributed by atoms with Crippen LogP contribution < -0.4 is 10.1 Å². The van der Waals surface area contributed by atoms with Crippen molar-refractivity contribution in [3.63, 3.8) is 0 Å². The number of hydrogen-bond donors (Lipinski definition) is 1. The van der Waals surface area contributed by atoms with Crippen molar-refractivity contribution in [3.8, 4) is 5.75 Å². The van der Waals surface area contributed by atoms with Crippen molar-refractivity contribution in [1.82, 2.24) is 9.78 Å². The maximum absolute atomic E-state index is 10.7. The van der Waals surface area contributed by atoms with Gasteiger partial charge in [0.1, 0.15) is 5.75 Å². The first kappa shape index (κ1) is 13.9. The van der Waals surface area contributed by atoms with Crippen molar-refractivity contribution in [2.75, 3.05) is 12.4 Å². The Hall–Kier alpha value is -2.57. The fraction of sp³-hybridized carbons (Fsp3) is 0.308. The molecule has 0 bridgehead atoms. The highest BCUT2D eigenvalue weighted by Crippen LogP contribution is 2.29. The summed E-state index contributed by atoms with van der Waals surface area (Å²) in [4.78, 5) is 10.3. The minimum atomic E-state index is -0.447. The Bertz CT molecular complexity index is 637. The molecule has 1 aromatic heterocycles. The molecule has 0 spiro atoms. The van der Waals surface area contributed by atoms with Crippen molar-refractivity contribution in [1.29, 1.82) is 0 Å². The predicted molar refractivity (Wildman–Crippen MR) is 74.9 cm³/mol. The van der Waals surface area contributed by atoms with Crippen LogP contribution in [0, 0.1) is 17.0 Å². The normalized spacial score (nSPS) is 10.3. The highest BCUT2D eigenvalue weighted by atomic mass is 16.6. The van der Waals surface area contributed by atoms with Crippen molar-refractivity contribution < 1.29 is 9.66 Å². The Morgan fingerprint density at radius 3 is 2.80 bits per heavy atom. The first-order chi connectivity index (χ1) is 9.52. The number of nitro groups is 1. The second-order valence-electron chi connectivity index (χ2n) is 4.37. The number of non-ortho nitro benzene ring substituents is 1. The van der Waals surface area contributed by atoms with Gasteiger partial charge in [0, 0.05) is 30.9 Å². The van der Waals surface area contributed by atoms with Gasteiger partial charge < -0.3 is 10.1 Å². The molecular weight excluding hydrogens is 260 g/mol. The quantitative estimate of drug-likeness (QED) is 0.669. The zero-order valence-corrected chi connectivity index (χ0v) is 11.6. The number of aromatic nitrogens is 2. The summed E-state index contributed by atoms with van der Waals surface area (Å²) in [6.45, 7) is 2.56. The molecule has 7 nitrogen and oxygen atoms in total. The van der Waals surface area contributed by atoms with Gasteiger partial charge >= 0.3 is 0 Å². The number of nitro benzene ring substituents is 1. The van der Waals surface area contributed by atoms with E-state index in [0.717, 1.165) is 11.3 Å². The second-order valence-corrected chi connectivity index (χ2v) is 4.37. The highest BCUT2D eigenvalue weighted by Gasteiger charge is 2.12. The lowest BCUT2D eigenvalue weighted by Gasteiger charge is -2.10. The van der Waals surface area contributed by atoms with Gasteiger partial charge in [-0.15, -0.1) is 0 Å². The maximum Gasteiger partial charge on any atom is 0.273 e. The van der Waals surface area contributed by atoms with Crippen LogP contribution in [-0.2, 0) is 13.6 Å². The topological polar surface area (TPSA) is 82.2 Å². The van der Waals surface area contributed by atoms with E-state index in [1.54, 1.807) is 16.9 Å². The fourth-order valence-corrected chi connectivity index (χ4v) is 1.85. The van der Waals surface area contributed by atoms with Crippen LogP contribution in [0.2, 0.25) is 0 Å². The van der Waals surface area contributed by atoms with Crippen molar-refractivity contribution >= 4 is 11.4 Å². The second kappa shape index (κ2) is 5.60. The van der Waals surface area contributed by atoms with E-state index in [2.05, 4.69) is 10.4 Å². The molecule has 0 aliphatic heterocycles. The van der Waals surface area contributed by atoms with Crippen LogP contribution in [0.25, 0.3) is 0 Å². The Morgan fingerprint density at radius 1 is 1.50 bits per heavy atom. The summed E-state index contributed by atoms with van der Waals surface area (Å²) in [7, 11) is 3.37. The number of aryl methyl sites for hydroxylation is 1. The van der Waals surface area contributed by atoms with Gasteiger partial charge in [0.25, 0.3) is 5.69 Å². The Labute approximate surface area is 116 Å². The molecule has 0 unspecified atom stereocenters. The molecular formula is C13H16N4O3. The Kier molecular flexibility index (Phi) is 3.88. The third kappa shape index (κ3) is 2.71. The van der Waals surface area contributed by atoms with Gasteiger partial charge in [-0.2, -0.15) is 5.10 Å². The zero-order chi connectivity index (χ0) is 14.7. The van der Waals surface area contributed by atoms with Gasteiger partial charge in [-0.3, -0.25) is 14.8 Å². The molecule has 20 heavy (non-hydrogen) atoms. The molecule has 1 N–H and O–H groups in total. The molecule has 2 aromatic rings. The Morgan fingerprint density at radius 2 is 2.25 bits per heavy atom. The zero-order valence-electron chi connectivity index (χ0n) is 11.6. The molecule has 0 aliphatic carbocycles. The minimum absolute atomic E-state index is 0.00459. The monoisotopic (exact) mass is 276 g/mol. The van der Waals surface area contributed by atoms with Gasteiger partial charge in [0.05, 0.1) is 30.0 Å². The number of nitrogens with zero attached hydrogens (tertiary/aromatic N) is 3. The van der Waals surface area contributed by atoms with E-state index in [4.69, 9.17) is 4.74 Å². The number of hydrogen-bond acceptors (Lipinski definition) is 5. The maximum atomic E-state index is 10.7. The minimum Gasteiger partial charge on any atom is -0.494 e. The smallest absolute Gasteiger partial charge is 0.273 e.